The fraction of sp³-hybridized carbons (Fsp3) is 0.500. The van der Waals surface area contributed by atoms with Crippen LogP contribution in [0.4, 0.5) is 4.79 Å². The van der Waals surface area contributed by atoms with Crippen molar-refractivity contribution in [1.82, 2.24) is 5.32 Å². The number of carbonyl (C=O) groups is 2. The van der Waals surface area contributed by atoms with Crippen molar-refractivity contribution in [2.45, 2.75) is 25.8 Å². The smallest absolute Gasteiger partial charge is 0.407 e. The van der Waals surface area contributed by atoms with Crippen LogP contribution >= 0.6 is 0 Å². The van der Waals surface area contributed by atoms with Crippen molar-refractivity contribution in [2.75, 3.05) is 14.2 Å². The number of amides is 1. The fourth-order valence-electron chi connectivity index (χ4n) is 1.92. The molecule has 17 heavy (non-hydrogen) atoms. The highest BCUT2D eigenvalue weighted by Crippen LogP contribution is 2.25. The highest BCUT2D eigenvalue weighted by Gasteiger charge is 2.28. The maximum Gasteiger partial charge on any atom is 0.407 e. The summed E-state index contributed by atoms with van der Waals surface area (Å²) in [6.07, 6.45) is 3.56. The highest BCUT2D eigenvalue weighted by atomic mass is 16.5. The summed E-state index contributed by atoms with van der Waals surface area (Å²) in [4.78, 5) is 22.7. The summed E-state index contributed by atoms with van der Waals surface area (Å²) < 4.78 is 9.23. The van der Waals surface area contributed by atoms with Crippen LogP contribution in [0.15, 0.2) is 23.3 Å². The molecule has 0 saturated heterocycles. The summed E-state index contributed by atoms with van der Waals surface area (Å²) >= 11 is 0. The van der Waals surface area contributed by atoms with E-state index < -0.39 is 11.6 Å². The maximum absolute atomic E-state index is 11.5. The summed E-state index contributed by atoms with van der Waals surface area (Å²) in [5.41, 5.74) is 0.803. The lowest BCUT2D eigenvalue weighted by atomic mass is 9.87. The molecule has 5 heteroatoms. The first-order valence-electron chi connectivity index (χ1n) is 5.24. The van der Waals surface area contributed by atoms with Crippen LogP contribution in [0.25, 0.3) is 0 Å². The number of hydrogen-bond donors (Lipinski definition) is 1. The van der Waals surface area contributed by atoms with Gasteiger partial charge in [0, 0.05) is 12.0 Å². The lowest BCUT2D eigenvalue weighted by Crippen LogP contribution is -2.44. The Morgan fingerprint density at radius 2 is 1.94 bits per heavy atom. The molecule has 1 rings (SSSR count). The Kier molecular flexibility index (Phi) is 3.93. The summed E-state index contributed by atoms with van der Waals surface area (Å²) in [5.74, 6) is -0.379. The van der Waals surface area contributed by atoms with E-state index in [0.29, 0.717) is 12.0 Å². The molecule has 1 amide bonds. The van der Waals surface area contributed by atoms with E-state index in [2.05, 4.69) is 14.8 Å². The average Bonchev–Trinajstić information content (AvgIpc) is 2.25. The second-order valence-corrected chi connectivity index (χ2v) is 4.23. The maximum atomic E-state index is 11.5. The summed E-state index contributed by atoms with van der Waals surface area (Å²) in [5, 5.41) is 2.66. The largest absolute Gasteiger partial charge is 0.466 e. The molecule has 0 bridgehead atoms. The summed E-state index contributed by atoms with van der Waals surface area (Å²) in [6.45, 7) is 3.68. The third kappa shape index (κ3) is 3.34. The molecule has 0 saturated carbocycles. The lowest BCUT2D eigenvalue weighted by Gasteiger charge is -2.28. The predicted molar refractivity (Wildman–Crippen MR) is 62.4 cm³/mol. The number of esters is 1. The van der Waals surface area contributed by atoms with E-state index in [4.69, 9.17) is 0 Å². The van der Waals surface area contributed by atoms with Crippen LogP contribution in [0, 0.1) is 0 Å². The van der Waals surface area contributed by atoms with E-state index >= 15 is 0 Å². The first-order chi connectivity index (χ1) is 7.90. The minimum atomic E-state index is -0.723. The Balaban J connectivity index is 2.96. The molecule has 0 radical (unpaired) electrons. The second kappa shape index (κ2) is 5.03. The molecule has 5 nitrogen and oxygen atoms in total. The molecular formula is C12H17NO4. The average molecular weight is 239 g/mol. The Morgan fingerprint density at radius 1 is 1.29 bits per heavy atom. The van der Waals surface area contributed by atoms with Crippen LogP contribution < -0.4 is 5.32 Å². The van der Waals surface area contributed by atoms with Crippen molar-refractivity contribution in [2.24, 2.45) is 0 Å². The molecule has 0 aromatic heterocycles. The quantitative estimate of drug-likeness (QED) is 0.586. The molecule has 0 aromatic rings. The number of hydrogen-bond acceptors (Lipinski definition) is 4. The number of carbonyl (C=O) groups excluding carboxylic acids is 2. The Labute approximate surface area is 100 Å². The van der Waals surface area contributed by atoms with Crippen LogP contribution in [0.3, 0.4) is 0 Å². The van der Waals surface area contributed by atoms with E-state index in [0.717, 1.165) is 5.57 Å². The van der Waals surface area contributed by atoms with E-state index in [1.54, 1.807) is 13.0 Å². The zero-order valence-electron chi connectivity index (χ0n) is 10.5. The molecule has 94 valence electrons. The van der Waals surface area contributed by atoms with Gasteiger partial charge in [-0.3, -0.25) is 0 Å². The van der Waals surface area contributed by atoms with Gasteiger partial charge in [-0.15, -0.1) is 0 Å². The van der Waals surface area contributed by atoms with Gasteiger partial charge in [-0.05, 0) is 19.9 Å². The van der Waals surface area contributed by atoms with Crippen molar-refractivity contribution in [3.8, 4) is 0 Å². The summed E-state index contributed by atoms with van der Waals surface area (Å²) in [6, 6.07) is 0. The van der Waals surface area contributed by atoms with Crippen LogP contribution in [0.5, 0.6) is 0 Å². The number of nitrogens with one attached hydrogen (secondary N) is 1. The first-order valence-corrected chi connectivity index (χ1v) is 5.24. The van der Waals surface area contributed by atoms with Gasteiger partial charge in [0.25, 0.3) is 0 Å². The van der Waals surface area contributed by atoms with E-state index in [-0.39, 0.29) is 5.97 Å². The standard InChI is InChI=1S/C12H17NO4/c1-8-5-9(10(14)16-3)7-12(2,6-8)13-11(15)17-4/h6-7H,5H2,1-4H3,(H,13,15)/t12-/m0/s1. The van der Waals surface area contributed by atoms with Gasteiger partial charge in [0.15, 0.2) is 0 Å². The number of alkyl carbamates (subject to hydrolysis) is 1. The topological polar surface area (TPSA) is 64.6 Å². The molecule has 1 N–H and O–H groups in total. The zero-order chi connectivity index (χ0) is 13.1. The van der Waals surface area contributed by atoms with Crippen molar-refractivity contribution in [1.29, 1.82) is 0 Å². The van der Waals surface area contributed by atoms with Gasteiger partial charge in [0.1, 0.15) is 0 Å². The van der Waals surface area contributed by atoms with E-state index in [1.807, 2.05) is 13.0 Å². The van der Waals surface area contributed by atoms with E-state index in [1.165, 1.54) is 14.2 Å². The zero-order valence-corrected chi connectivity index (χ0v) is 10.5. The lowest BCUT2D eigenvalue weighted by molar-refractivity contribution is -0.136. The first kappa shape index (κ1) is 13.3. The molecule has 0 unspecified atom stereocenters. The highest BCUT2D eigenvalue weighted by molar-refractivity contribution is 5.90. The minimum Gasteiger partial charge on any atom is -0.466 e. The minimum absolute atomic E-state index is 0.379. The van der Waals surface area contributed by atoms with Crippen LogP contribution in [-0.4, -0.2) is 31.8 Å². The predicted octanol–water partition coefficient (Wildman–Crippen LogP) is 1.55. The number of methoxy groups -OCH3 is 2. The van der Waals surface area contributed by atoms with Gasteiger partial charge < -0.3 is 14.8 Å². The number of allylic oxidation sites excluding steroid dienone is 1. The Morgan fingerprint density at radius 3 is 2.47 bits per heavy atom. The van der Waals surface area contributed by atoms with Gasteiger partial charge in [-0.2, -0.15) is 0 Å². The Hall–Kier alpha value is -1.78. The van der Waals surface area contributed by atoms with Gasteiger partial charge >= 0.3 is 12.1 Å². The molecular weight excluding hydrogens is 222 g/mol. The second-order valence-electron chi connectivity index (χ2n) is 4.23. The summed E-state index contributed by atoms with van der Waals surface area (Å²) in [7, 11) is 2.63. The third-order valence-corrected chi connectivity index (χ3v) is 2.49. The van der Waals surface area contributed by atoms with Crippen molar-refractivity contribution >= 4 is 12.1 Å². The molecule has 1 aliphatic rings. The van der Waals surface area contributed by atoms with Crippen LogP contribution in [0.1, 0.15) is 20.3 Å². The van der Waals surface area contributed by atoms with Gasteiger partial charge in [0.05, 0.1) is 19.8 Å². The molecule has 0 fully saturated rings. The van der Waals surface area contributed by atoms with Crippen molar-refractivity contribution in [3.63, 3.8) is 0 Å². The fourth-order valence-corrected chi connectivity index (χ4v) is 1.92. The number of ether oxygens (including phenoxy) is 2. The molecule has 1 aliphatic carbocycles. The monoisotopic (exact) mass is 239 g/mol. The van der Waals surface area contributed by atoms with Crippen molar-refractivity contribution in [3.05, 3.63) is 23.3 Å². The SMILES string of the molecule is COC(=O)N[C@@]1(C)C=C(C)CC(C(=O)OC)=C1. The number of rotatable bonds is 2. The molecule has 0 spiro atoms. The van der Waals surface area contributed by atoms with Gasteiger partial charge in [-0.1, -0.05) is 11.6 Å². The molecule has 0 aliphatic heterocycles. The van der Waals surface area contributed by atoms with Crippen molar-refractivity contribution < 1.29 is 19.1 Å². The third-order valence-electron chi connectivity index (χ3n) is 2.49. The molecule has 0 aromatic carbocycles. The normalized spacial score (nSPS) is 23.3. The van der Waals surface area contributed by atoms with Crippen LogP contribution in [-0.2, 0) is 14.3 Å². The van der Waals surface area contributed by atoms with Gasteiger partial charge in [0.2, 0.25) is 0 Å². The van der Waals surface area contributed by atoms with Gasteiger partial charge in [-0.25, -0.2) is 9.59 Å². The van der Waals surface area contributed by atoms with Crippen LogP contribution in [0.2, 0.25) is 0 Å². The Bertz CT molecular complexity index is 397. The van der Waals surface area contributed by atoms with E-state index in [9.17, 15) is 9.59 Å². The molecule has 0 heterocycles. The molecule has 1 atom stereocenters.